The summed E-state index contributed by atoms with van der Waals surface area (Å²) in [5.41, 5.74) is 4.27. The minimum Gasteiger partial charge on any atom is -0.367 e. The Labute approximate surface area is 120 Å². The van der Waals surface area contributed by atoms with E-state index in [-0.39, 0.29) is 6.04 Å². The highest BCUT2D eigenvalue weighted by Crippen LogP contribution is 2.16. The third-order valence-corrected chi connectivity index (χ3v) is 3.43. The average Bonchev–Trinajstić information content (AvgIpc) is 2.46. The molecule has 1 atom stereocenters. The molecule has 4 heteroatoms. The van der Waals surface area contributed by atoms with E-state index < -0.39 is 0 Å². The minimum atomic E-state index is 0.271. The lowest BCUT2D eigenvalue weighted by molar-refractivity contribution is 0.632. The topological polar surface area (TPSA) is 41.0 Å². The monoisotopic (exact) mass is 270 g/mol. The highest BCUT2D eigenvalue weighted by molar-refractivity contribution is 5.44. The quantitative estimate of drug-likeness (QED) is 0.907. The summed E-state index contributed by atoms with van der Waals surface area (Å²) in [5.74, 6) is 0. The SMILES string of the molecule is CNC(C)c1ccc(N(C)Cc2cccc(C)n2)cn1. The van der Waals surface area contributed by atoms with Crippen LogP contribution in [0.1, 0.15) is 30.0 Å². The van der Waals surface area contributed by atoms with Gasteiger partial charge in [0.15, 0.2) is 0 Å². The molecule has 0 amide bonds. The highest BCUT2D eigenvalue weighted by atomic mass is 15.1. The number of aryl methyl sites for hydroxylation is 1. The van der Waals surface area contributed by atoms with E-state index in [0.717, 1.165) is 29.3 Å². The molecule has 0 aliphatic heterocycles. The van der Waals surface area contributed by atoms with Crippen molar-refractivity contribution in [2.45, 2.75) is 26.4 Å². The van der Waals surface area contributed by atoms with Crippen molar-refractivity contribution >= 4 is 5.69 Å². The Morgan fingerprint density at radius 1 is 1.25 bits per heavy atom. The molecule has 0 saturated heterocycles. The van der Waals surface area contributed by atoms with Crippen molar-refractivity contribution in [3.05, 3.63) is 53.6 Å². The number of nitrogens with one attached hydrogen (secondary N) is 1. The van der Waals surface area contributed by atoms with Crippen LogP contribution in [-0.2, 0) is 6.54 Å². The van der Waals surface area contributed by atoms with Crippen molar-refractivity contribution in [1.82, 2.24) is 15.3 Å². The molecule has 2 aromatic rings. The number of pyridine rings is 2. The van der Waals surface area contributed by atoms with Crippen LogP contribution < -0.4 is 10.2 Å². The van der Waals surface area contributed by atoms with E-state index in [1.54, 1.807) is 0 Å². The molecular weight excluding hydrogens is 248 g/mol. The molecule has 2 heterocycles. The van der Waals surface area contributed by atoms with Crippen LogP contribution in [0.5, 0.6) is 0 Å². The van der Waals surface area contributed by atoms with Crippen LogP contribution in [0.3, 0.4) is 0 Å². The molecule has 0 radical (unpaired) electrons. The van der Waals surface area contributed by atoms with Gasteiger partial charge in [-0.2, -0.15) is 0 Å². The van der Waals surface area contributed by atoms with Gasteiger partial charge in [-0.1, -0.05) is 6.07 Å². The summed E-state index contributed by atoms with van der Waals surface area (Å²) in [7, 11) is 4.00. The van der Waals surface area contributed by atoms with E-state index in [1.807, 2.05) is 38.4 Å². The number of rotatable bonds is 5. The lowest BCUT2D eigenvalue weighted by atomic mass is 10.2. The van der Waals surface area contributed by atoms with Crippen molar-refractivity contribution in [3.8, 4) is 0 Å². The van der Waals surface area contributed by atoms with E-state index >= 15 is 0 Å². The van der Waals surface area contributed by atoms with Gasteiger partial charge in [0.1, 0.15) is 0 Å². The fourth-order valence-corrected chi connectivity index (χ4v) is 2.05. The number of anilines is 1. The lowest BCUT2D eigenvalue weighted by Gasteiger charge is -2.19. The maximum Gasteiger partial charge on any atom is 0.0600 e. The van der Waals surface area contributed by atoms with Gasteiger partial charge >= 0.3 is 0 Å². The fraction of sp³-hybridized carbons (Fsp3) is 0.375. The lowest BCUT2D eigenvalue weighted by Crippen LogP contribution is -2.18. The van der Waals surface area contributed by atoms with E-state index in [0.29, 0.717) is 0 Å². The van der Waals surface area contributed by atoms with Crippen LogP contribution in [0, 0.1) is 6.92 Å². The smallest absolute Gasteiger partial charge is 0.0600 e. The van der Waals surface area contributed by atoms with Crippen molar-refractivity contribution in [2.75, 3.05) is 19.0 Å². The normalized spacial score (nSPS) is 12.2. The van der Waals surface area contributed by atoms with Crippen molar-refractivity contribution < 1.29 is 0 Å². The van der Waals surface area contributed by atoms with E-state index in [1.165, 1.54) is 0 Å². The number of hydrogen-bond donors (Lipinski definition) is 1. The summed E-state index contributed by atoms with van der Waals surface area (Å²) in [6, 6.07) is 10.5. The molecule has 2 aromatic heterocycles. The molecule has 20 heavy (non-hydrogen) atoms. The summed E-state index contributed by atoms with van der Waals surface area (Å²) in [6.07, 6.45) is 1.92. The maximum absolute atomic E-state index is 4.53. The molecule has 0 spiro atoms. The van der Waals surface area contributed by atoms with Gasteiger partial charge in [-0.15, -0.1) is 0 Å². The predicted octanol–water partition coefficient (Wildman–Crippen LogP) is 2.70. The van der Waals surface area contributed by atoms with Gasteiger partial charge in [0, 0.05) is 18.8 Å². The zero-order valence-corrected chi connectivity index (χ0v) is 12.6. The molecule has 0 bridgehead atoms. The van der Waals surface area contributed by atoms with Gasteiger partial charge in [0.25, 0.3) is 0 Å². The minimum absolute atomic E-state index is 0.271. The van der Waals surface area contributed by atoms with Crippen LogP contribution in [0.2, 0.25) is 0 Å². The average molecular weight is 270 g/mol. The summed E-state index contributed by atoms with van der Waals surface area (Å²) < 4.78 is 0. The van der Waals surface area contributed by atoms with Gasteiger partial charge < -0.3 is 10.2 Å². The molecule has 0 aromatic carbocycles. The Balaban J connectivity index is 2.07. The Hall–Kier alpha value is -1.94. The first-order valence-electron chi connectivity index (χ1n) is 6.87. The molecular formula is C16H22N4. The third kappa shape index (κ3) is 3.54. The first kappa shape index (κ1) is 14.5. The number of hydrogen-bond acceptors (Lipinski definition) is 4. The zero-order valence-electron chi connectivity index (χ0n) is 12.6. The Bertz CT molecular complexity index is 551. The van der Waals surface area contributed by atoms with Gasteiger partial charge in [0.05, 0.1) is 29.8 Å². The molecule has 106 valence electrons. The summed E-state index contributed by atoms with van der Waals surface area (Å²) in [5, 5.41) is 3.19. The first-order chi connectivity index (χ1) is 9.60. The second-order valence-corrected chi connectivity index (χ2v) is 5.08. The third-order valence-electron chi connectivity index (χ3n) is 3.43. The van der Waals surface area contributed by atoms with Crippen LogP contribution in [0.25, 0.3) is 0 Å². The molecule has 1 N–H and O–H groups in total. The second-order valence-electron chi connectivity index (χ2n) is 5.08. The van der Waals surface area contributed by atoms with Gasteiger partial charge in [-0.3, -0.25) is 9.97 Å². The maximum atomic E-state index is 4.53. The van der Waals surface area contributed by atoms with E-state index in [9.17, 15) is 0 Å². The fourth-order valence-electron chi connectivity index (χ4n) is 2.05. The first-order valence-corrected chi connectivity index (χ1v) is 6.87. The van der Waals surface area contributed by atoms with Crippen LogP contribution >= 0.6 is 0 Å². The molecule has 0 saturated carbocycles. The Kier molecular flexibility index (Phi) is 4.69. The summed E-state index contributed by atoms with van der Waals surface area (Å²) >= 11 is 0. The molecule has 0 aliphatic carbocycles. The number of nitrogens with zero attached hydrogens (tertiary/aromatic N) is 3. The van der Waals surface area contributed by atoms with E-state index in [2.05, 4.69) is 46.3 Å². The van der Waals surface area contributed by atoms with Crippen molar-refractivity contribution in [2.24, 2.45) is 0 Å². The standard InChI is InChI=1S/C16H22N4/c1-12-6-5-7-14(19-12)11-20(4)15-8-9-16(18-10-15)13(2)17-3/h5-10,13,17H,11H2,1-4H3. The summed E-state index contributed by atoms with van der Waals surface area (Å²) in [6.45, 7) is 4.89. The van der Waals surface area contributed by atoms with Crippen LogP contribution in [-0.4, -0.2) is 24.1 Å². The Morgan fingerprint density at radius 3 is 2.65 bits per heavy atom. The van der Waals surface area contributed by atoms with Crippen LogP contribution in [0.4, 0.5) is 5.69 Å². The van der Waals surface area contributed by atoms with Crippen molar-refractivity contribution in [1.29, 1.82) is 0 Å². The predicted molar refractivity (Wildman–Crippen MR) is 82.8 cm³/mol. The summed E-state index contributed by atoms with van der Waals surface area (Å²) in [4.78, 5) is 11.2. The number of aromatic nitrogens is 2. The zero-order chi connectivity index (χ0) is 14.5. The molecule has 0 fully saturated rings. The Morgan fingerprint density at radius 2 is 2.05 bits per heavy atom. The van der Waals surface area contributed by atoms with Crippen molar-refractivity contribution in [3.63, 3.8) is 0 Å². The van der Waals surface area contributed by atoms with Gasteiger partial charge in [-0.05, 0) is 45.2 Å². The van der Waals surface area contributed by atoms with E-state index in [4.69, 9.17) is 0 Å². The largest absolute Gasteiger partial charge is 0.367 e. The van der Waals surface area contributed by atoms with Gasteiger partial charge in [0.2, 0.25) is 0 Å². The molecule has 0 aliphatic rings. The van der Waals surface area contributed by atoms with Gasteiger partial charge in [-0.25, -0.2) is 0 Å². The molecule has 1 unspecified atom stereocenters. The highest BCUT2D eigenvalue weighted by Gasteiger charge is 2.07. The molecule has 2 rings (SSSR count). The van der Waals surface area contributed by atoms with Crippen LogP contribution in [0.15, 0.2) is 36.5 Å². The molecule has 4 nitrogen and oxygen atoms in total. The second kappa shape index (κ2) is 6.48.